The topological polar surface area (TPSA) is 49.6 Å². The highest BCUT2D eigenvalue weighted by molar-refractivity contribution is 5.85. The van der Waals surface area contributed by atoms with Crippen molar-refractivity contribution in [2.75, 3.05) is 20.1 Å². The van der Waals surface area contributed by atoms with E-state index >= 15 is 0 Å². The first-order valence-corrected chi connectivity index (χ1v) is 10.2. The van der Waals surface area contributed by atoms with E-state index in [4.69, 9.17) is 5.73 Å². The second-order valence-electron chi connectivity index (χ2n) is 8.70. The number of piperidine rings is 1. The number of hydrogen-bond donors (Lipinski definition) is 1. The molecule has 6 heteroatoms. The van der Waals surface area contributed by atoms with Crippen LogP contribution in [-0.4, -0.2) is 47.9 Å². The molecule has 1 aromatic rings. The largest absolute Gasteiger partial charge is 0.342 e. The van der Waals surface area contributed by atoms with Crippen molar-refractivity contribution in [2.24, 2.45) is 23.5 Å². The molecule has 28 heavy (non-hydrogen) atoms. The third kappa shape index (κ3) is 6.09. The highest BCUT2D eigenvalue weighted by Crippen LogP contribution is 2.31. The van der Waals surface area contributed by atoms with Crippen molar-refractivity contribution in [2.45, 2.75) is 58.2 Å². The van der Waals surface area contributed by atoms with Gasteiger partial charge in [-0.3, -0.25) is 9.69 Å². The lowest BCUT2D eigenvalue weighted by Crippen LogP contribution is -2.56. The molecule has 1 aromatic carbocycles. The molecule has 2 aliphatic rings. The van der Waals surface area contributed by atoms with E-state index in [1.54, 1.807) is 0 Å². The van der Waals surface area contributed by atoms with E-state index < -0.39 is 0 Å². The Bertz CT molecular complexity index is 589. The number of nitrogens with two attached hydrogens (primary N) is 1. The summed E-state index contributed by atoms with van der Waals surface area (Å²) in [4.78, 5) is 17.7. The van der Waals surface area contributed by atoms with Crippen molar-refractivity contribution in [3.63, 3.8) is 0 Å². The first kappa shape index (κ1) is 25.2. The summed E-state index contributed by atoms with van der Waals surface area (Å²) in [6.07, 6.45) is 4.02. The van der Waals surface area contributed by atoms with Crippen LogP contribution in [0, 0.1) is 17.8 Å². The number of halogens is 2. The average molecular weight is 430 g/mol. The molecular weight excluding hydrogens is 393 g/mol. The Morgan fingerprint density at radius 1 is 1.11 bits per heavy atom. The zero-order chi connectivity index (χ0) is 18.7. The first-order valence-electron chi connectivity index (χ1n) is 10.2. The van der Waals surface area contributed by atoms with E-state index in [0.29, 0.717) is 23.8 Å². The Morgan fingerprint density at radius 3 is 2.29 bits per heavy atom. The summed E-state index contributed by atoms with van der Waals surface area (Å²) >= 11 is 0. The van der Waals surface area contributed by atoms with E-state index in [-0.39, 0.29) is 36.8 Å². The molecule has 160 valence electrons. The van der Waals surface area contributed by atoms with Gasteiger partial charge < -0.3 is 10.6 Å². The third-order valence-electron chi connectivity index (χ3n) is 6.37. The van der Waals surface area contributed by atoms with Crippen LogP contribution in [0.2, 0.25) is 0 Å². The molecule has 1 aliphatic heterocycles. The van der Waals surface area contributed by atoms with Crippen molar-refractivity contribution in [3.05, 3.63) is 35.9 Å². The monoisotopic (exact) mass is 429 g/mol. The van der Waals surface area contributed by atoms with Crippen LogP contribution < -0.4 is 5.73 Å². The van der Waals surface area contributed by atoms with Crippen LogP contribution in [0.5, 0.6) is 0 Å². The van der Waals surface area contributed by atoms with Gasteiger partial charge in [-0.15, -0.1) is 24.8 Å². The van der Waals surface area contributed by atoms with E-state index in [9.17, 15) is 4.79 Å². The average Bonchev–Trinajstić information content (AvgIpc) is 2.61. The zero-order valence-electron chi connectivity index (χ0n) is 17.4. The summed E-state index contributed by atoms with van der Waals surface area (Å²) in [6, 6.07) is 11.2. The minimum Gasteiger partial charge on any atom is -0.342 e. The molecule has 1 saturated heterocycles. The summed E-state index contributed by atoms with van der Waals surface area (Å²) in [5.74, 6) is 1.41. The van der Waals surface area contributed by atoms with Gasteiger partial charge in [0.2, 0.25) is 5.91 Å². The number of nitrogens with zero attached hydrogens (tertiary/aromatic N) is 2. The van der Waals surface area contributed by atoms with Gasteiger partial charge in [-0.25, -0.2) is 0 Å². The minimum atomic E-state index is 0. The molecule has 4 atom stereocenters. The number of likely N-dealkylation sites (tertiary alicyclic amines) is 1. The Kier molecular flexibility index (Phi) is 10.3. The van der Waals surface area contributed by atoms with Crippen LogP contribution in [0.4, 0.5) is 0 Å². The van der Waals surface area contributed by atoms with Gasteiger partial charge in [0.1, 0.15) is 0 Å². The van der Waals surface area contributed by atoms with Gasteiger partial charge in [-0.2, -0.15) is 0 Å². The predicted molar refractivity (Wildman–Crippen MR) is 121 cm³/mol. The van der Waals surface area contributed by atoms with Gasteiger partial charge in [0.15, 0.2) is 0 Å². The fourth-order valence-electron chi connectivity index (χ4n) is 5.29. The molecule has 2 fully saturated rings. The van der Waals surface area contributed by atoms with Crippen LogP contribution >= 0.6 is 24.8 Å². The van der Waals surface area contributed by atoms with Crippen molar-refractivity contribution < 1.29 is 4.79 Å². The highest BCUT2D eigenvalue weighted by Gasteiger charge is 2.38. The molecule has 1 saturated carbocycles. The number of benzene rings is 1. The molecule has 0 aromatic heterocycles. The number of rotatable bonds is 4. The molecule has 1 amide bonds. The lowest BCUT2D eigenvalue weighted by Gasteiger charge is -2.46. The summed E-state index contributed by atoms with van der Waals surface area (Å²) < 4.78 is 0. The molecule has 3 rings (SSSR count). The van der Waals surface area contributed by atoms with Gasteiger partial charge in [0.25, 0.3) is 0 Å². The Hall–Kier alpha value is -0.810. The number of carbonyl (C=O) groups excluding carboxylic acids is 1. The maximum absolute atomic E-state index is 13.1. The number of carbonyl (C=O) groups is 1. The maximum Gasteiger partial charge on any atom is 0.225 e. The quantitative estimate of drug-likeness (QED) is 0.787. The van der Waals surface area contributed by atoms with Gasteiger partial charge in [0, 0.05) is 44.7 Å². The third-order valence-corrected chi connectivity index (χ3v) is 6.37. The second kappa shape index (κ2) is 11.4. The lowest BCUT2D eigenvalue weighted by atomic mass is 9.81. The van der Waals surface area contributed by atoms with E-state index in [2.05, 4.69) is 54.0 Å². The number of hydrogen-bond acceptors (Lipinski definition) is 3. The van der Waals surface area contributed by atoms with Crippen molar-refractivity contribution in [3.8, 4) is 0 Å². The Balaban J connectivity index is 0.00000196. The Morgan fingerprint density at radius 2 is 1.71 bits per heavy atom. The fourth-order valence-corrected chi connectivity index (χ4v) is 5.29. The van der Waals surface area contributed by atoms with Gasteiger partial charge in [-0.05, 0) is 36.7 Å². The van der Waals surface area contributed by atoms with Crippen molar-refractivity contribution in [1.29, 1.82) is 0 Å². The second-order valence-corrected chi connectivity index (χ2v) is 8.70. The molecule has 1 aliphatic carbocycles. The normalized spacial score (nSPS) is 30.6. The standard InChI is InChI=1S/C22H35N3O.2ClH/c1-16-13-25(15-18-8-5-4-6-9-18)14-17(2)21(16)24(3)22(26)19-10-7-11-20(23)12-19;;/h4-6,8-9,16-17,19-21H,7,10-15,23H2,1-3H3;2*1H. The molecule has 0 spiro atoms. The van der Waals surface area contributed by atoms with Crippen molar-refractivity contribution in [1.82, 2.24) is 9.80 Å². The summed E-state index contributed by atoms with van der Waals surface area (Å²) in [5.41, 5.74) is 7.48. The van der Waals surface area contributed by atoms with E-state index in [1.807, 2.05) is 7.05 Å². The van der Waals surface area contributed by atoms with Crippen LogP contribution in [0.1, 0.15) is 45.1 Å². The van der Waals surface area contributed by atoms with Gasteiger partial charge >= 0.3 is 0 Å². The highest BCUT2D eigenvalue weighted by atomic mass is 35.5. The summed E-state index contributed by atoms with van der Waals surface area (Å²) in [7, 11) is 2.02. The zero-order valence-corrected chi connectivity index (χ0v) is 19.1. The molecule has 4 unspecified atom stereocenters. The SMILES string of the molecule is CC1CN(Cc2ccccc2)CC(C)C1N(C)C(=O)C1CCCC(N)C1.Cl.Cl. The lowest BCUT2D eigenvalue weighted by molar-refractivity contribution is -0.141. The van der Waals surface area contributed by atoms with Gasteiger partial charge in [-0.1, -0.05) is 50.6 Å². The first-order chi connectivity index (χ1) is 12.5. The molecule has 1 heterocycles. The van der Waals surface area contributed by atoms with E-state index in [0.717, 1.165) is 45.3 Å². The van der Waals surface area contributed by atoms with Crippen LogP contribution in [-0.2, 0) is 11.3 Å². The van der Waals surface area contributed by atoms with Crippen molar-refractivity contribution >= 4 is 30.7 Å². The predicted octanol–water partition coefficient (Wildman–Crippen LogP) is 3.96. The molecule has 0 radical (unpaired) electrons. The van der Waals surface area contributed by atoms with Crippen LogP contribution in [0.3, 0.4) is 0 Å². The smallest absolute Gasteiger partial charge is 0.225 e. The Labute approximate surface area is 183 Å². The molecule has 2 N–H and O–H groups in total. The molecular formula is C22H37Cl2N3O. The fraction of sp³-hybridized carbons (Fsp3) is 0.682. The molecule has 4 nitrogen and oxygen atoms in total. The van der Waals surface area contributed by atoms with Crippen LogP contribution in [0.25, 0.3) is 0 Å². The molecule has 0 bridgehead atoms. The summed E-state index contributed by atoms with van der Waals surface area (Å²) in [5, 5.41) is 0. The minimum absolute atomic E-state index is 0. The number of amides is 1. The maximum atomic E-state index is 13.1. The van der Waals surface area contributed by atoms with Crippen LogP contribution in [0.15, 0.2) is 30.3 Å². The summed E-state index contributed by atoms with van der Waals surface area (Å²) in [6.45, 7) is 7.69. The van der Waals surface area contributed by atoms with Gasteiger partial charge in [0.05, 0.1) is 0 Å². The van der Waals surface area contributed by atoms with E-state index in [1.165, 1.54) is 5.56 Å².